The van der Waals surface area contributed by atoms with Crippen molar-refractivity contribution in [3.63, 3.8) is 0 Å². The minimum atomic E-state index is -0.0543. The van der Waals surface area contributed by atoms with Crippen LogP contribution in [-0.2, 0) is 0 Å². The molecule has 1 aromatic rings. The van der Waals surface area contributed by atoms with Crippen molar-refractivity contribution in [3.8, 4) is 0 Å². The molecule has 0 heterocycles. The van der Waals surface area contributed by atoms with Crippen LogP contribution in [0, 0.1) is 0 Å². The van der Waals surface area contributed by atoms with Crippen molar-refractivity contribution in [2.45, 2.75) is 19.8 Å². The van der Waals surface area contributed by atoms with Crippen molar-refractivity contribution in [2.24, 2.45) is 4.99 Å². The summed E-state index contributed by atoms with van der Waals surface area (Å²) >= 11 is 0. The molecule has 5 nitrogen and oxygen atoms in total. The highest BCUT2D eigenvalue weighted by molar-refractivity contribution is 5.94. The van der Waals surface area contributed by atoms with Crippen LogP contribution in [0.3, 0.4) is 0 Å². The van der Waals surface area contributed by atoms with Gasteiger partial charge in [-0.1, -0.05) is 31.5 Å². The maximum atomic E-state index is 11.8. The van der Waals surface area contributed by atoms with Crippen molar-refractivity contribution in [3.05, 3.63) is 35.9 Å². The van der Waals surface area contributed by atoms with Gasteiger partial charge in [0.25, 0.3) is 5.91 Å². The van der Waals surface area contributed by atoms with Gasteiger partial charge >= 0.3 is 0 Å². The predicted molar refractivity (Wildman–Crippen MR) is 83.0 cm³/mol. The molecule has 0 fully saturated rings. The Hall–Kier alpha value is -2.04. The van der Waals surface area contributed by atoms with E-state index in [9.17, 15) is 4.79 Å². The molecule has 1 aromatic carbocycles. The molecule has 0 saturated carbocycles. The fourth-order valence-corrected chi connectivity index (χ4v) is 1.65. The number of benzene rings is 1. The third-order valence-electron chi connectivity index (χ3n) is 2.79. The van der Waals surface area contributed by atoms with Crippen molar-refractivity contribution in [1.82, 2.24) is 16.0 Å². The maximum absolute atomic E-state index is 11.8. The Morgan fingerprint density at radius 1 is 1.05 bits per heavy atom. The third-order valence-corrected chi connectivity index (χ3v) is 2.79. The normalized spacial score (nSPS) is 11.0. The van der Waals surface area contributed by atoms with Crippen LogP contribution >= 0.6 is 0 Å². The van der Waals surface area contributed by atoms with E-state index in [1.807, 2.05) is 18.2 Å². The van der Waals surface area contributed by atoms with E-state index in [1.54, 1.807) is 19.2 Å². The van der Waals surface area contributed by atoms with Gasteiger partial charge < -0.3 is 16.0 Å². The monoisotopic (exact) mass is 276 g/mol. The van der Waals surface area contributed by atoms with Gasteiger partial charge in [0.1, 0.15) is 0 Å². The number of amides is 1. The highest BCUT2D eigenvalue weighted by Gasteiger charge is 2.03. The Kier molecular flexibility index (Phi) is 7.87. The summed E-state index contributed by atoms with van der Waals surface area (Å²) in [5.74, 6) is 0.716. The molecule has 0 atom stereocenters. The number of hydrogen-bond acceptors (Lipinski definition) is 2. The molecule has 0 bridgehead atoms. The van der Waals surface area contributed by atoms with Crippen molar-refractivity contribution < 1.29 is 4.79 Å². The first-order valence-corrected chi connectivity index (χ1v) is 7.05. The van der Waals surface area contributed by atoms with Crippen molar-refractivity contribution in [2.75, 3.05) is 26.7 Å². The summed E-state index contributed by atoms with van der Waals surface area (Å²) in [6.07, 6.45) is 2.27. The Morgan fingerprint density at radius 3 is 2.35 bits per heavy atom. The summed E-state index contributed by atoms with van der Waals surface area (Å²) in [6.45, 7) is 4.26. The summed E-state index contributed by atoms with van der Waals surface area (Å²) in [6, 6.07) is 9.20. The predicted octanol–water partition coefficient (Wildman–Crippen LogP) is 1.38. The zero-order chi connectivity index (χ0) is 14.6. The molecule has 0 spiro atoms. The Morgan fingerprint density at radius 2 is 1.70 bits per heavy atom. The smallest absolute Gasteiger partial charge is 0.251 e. The fraction of sp³-hybridized carbons (Fsp3) is 0.467. The van der Waals surface area contributed by atoms with Crippen LogP contribution in [0.5, 0.6) is 0 Å². The van der Waals surface area contributed by atoms with Crippen molar-refractivity contribution >= 4 is 11.9 Å². The van der Waals surface area contributed by atoms with Gasteiger partial charge in [0, 0.05) is 32.2 Å². The van der Waals surface area contributed by atoms with E-state index in [-0.39, 0.29) is 5.91 Å². The summed E-state index contributed by atoms with van der Waals surface area (Å²) in [7, 11) is 1.74. The zero-order valence-electron chi connectivity index (χ0n) is 12.3. The average Bonchev–Trinajstić information content (AvgIpc) is 2.50. The highest BCUT2D eigenvalue weighted by atomic mass is 16.1. The molecule has 1 rings (SSSR count). The minimum absolute atomic E-state index is 0.0543. The van der Waals surface area contributed by atoms with E-state index in [0.29, 0.717) is 18.7 Å². The van der Waals surface area contributed by atoms with Gasteiger partial charge in [0.05, 0.1) is 0 Å². The molecule has 110 valence electrons. The first-order valence-electron chi connectivity index (χ1n) is 7.05. The second kappa shape index (κ2) is 9.83. The first-order chi connectivity index (χ1) is 9.77. The molecular weight excluding hydrogens is 252 g/mol. The van der Waals surface area contributed by atoms with Crippen LogP contribution in [0.25, 0.3) is 0 Å². The number of hydrogen-bond donors (Lipinski definition) is 3. The van der Waals surface area contributed by atoms with E-state index >= 15 is 0 Å². The second-order valence-electron chi connectivity index (χ2n) is 4.40. The zero-order valence-corrected chi connectivity index (χ0v) is 12.3. The molecule has 20 heavy (non-hydrogen) atoms. The summed E-state index contributed by atoms with van der Waals surface area (Å²) in [5, 5.41) is 9.24. The molecular formula is C15H24N4O. The highest BCUT2D eigenvalue weighted by Crippen LogP contribution is 1.96. The molecule has 1 amide bonds. The fourth-order valence-electron chi connectivity index (χ4n) is 1.65. The quantitative estimate of drug-likeness (QED) is 0.400. The Labute approximate surface area is 120 Å². The maximum Gasteiger partial charge on any atom is 0.251 e. The second-order valence-corrected chi connectivity index (χ2v) is 4.40. The summed E-state index contributed by atoms with van der Waals surface area (Å²) in [4.78, 5) is 15.9. The third kappa shape index (κ3) is 6.22. The number of nitrogens with zero attached hydrogens (tertiary/aromatic N) is 1. The van der Waals surface area contributed by atoms with Gasteiger partial charge in [0.15, 0.2) is 5.96 Å². The summed E-state index contributed by atoms with van der Waals surface area (Å²) in [5.41, 5.74) is 0.679. The van der Waals surface area contributed by atoms with E-state index in [4.69, 9.17) is 0 Å². The van der Waals surface area contributed by atoms with Crippen LogP contribution in [0.15, 0.2) is 35.3 Å². The minimum Gasteiger partial charge on any atom is -0.356 e. The number of carbonyl (C=O) groups is 1. The molecule has 0 aliphatic heterocycles. The number of guanidine groups is 1. The number of carbonyl (C=O) groups excluding carboxylic acids is 1. The molecule has 0 aromatic heterocycles. The first kappa shape index (κ1) is 16.0. The standard InChI is InChI=1S/C15H24N4O/c1-3-4-10-18-15(16-2)19-12-11-17-14(20)13-8-6-5-7-9-13/h5-9H,3-4,10-12H2,1-2H3,(H,17,20)(H2,16,18,19). The van der Waals surface area contributed by atoms with Crippen LogP contribution < -0.4 is 16.0 Å². The lowest BCUT2D eigenvalue weighted by Gasteiger charge is -2.12. The van der Waals surface area contributed by atoms with Crippen molar-refractivity contribution in [1.29, 1.82) is 0 Å². The van der Waals surface area contributed by atoms with E-state index in [2.05, 4.69) is 27.9 Å². The largest absolute Gasteiger partial charge is 0.356 e. The van der Waals surface area contributed by atoms with E-state index in [1.165, 1.54) is 0 Å². The van der Waals surface area contributed by atoms with Gasteiger partial charge in [-0.2, -0.15) is 0 Å². The van der Waals surface area contributed by atoms with E-state index < -0.39 is 0 Å². The molecule has 3 N–H and O–H groups in total. The number of nitrogens with one attached hydrogen (secondary N) is 3. The lowest BCUT2D eigenvalue weighted by Crippen LogP contribution is -2.41. The number of rotatable bonds is 7. The van der Waals surface area contributed by atoms with Crippen LogP contribution in [0.1, 0.15) is 30.1 Å². The average molecular weight is 276 g/mol. The van der Waals surface area contributed by atoms with Crippen LogP contribution in [0.4, 0.5) is 0 Å². The molecule has 0 saturated heterocycles. The Balaban J connectivity index is 2.19. The molecule has 0 radical (unpaired) electrons. The van der Waals surface area contributed by atoms with Gasteiger partial charge in [-0.05, 0) is 18.6 Å². The Bertz CT molecular complexity index is 417. The molecule has 0 aliphatic carbocycles. The lowest BCUT2D eigenvalue weighted by atomic mass is 10.2. The van der Waals surface area contributed by atoms with Crippen LogP contribution in [0.2, 0.25) is 0 Å². The lowest BCUT2D eigenvalue weighted by molar-refractivity contribution is 0.0954. The van der Waals surface area contributed by atoms with Gasteiger partial charge in [-0.3, -0.25) is 9.79 Å². The van der Waals surface area contributed by atoms with Gasteiger partial charge in [-0.25, -0.2) is 0 Å². The molecule has 0 aliphatic rings. The molecule has 0 unspecified atom stereocenters. The summed E-state index contributed by atoms with van der Waals surface area (Å²) < 4.78 is 0. The number of aliphatic imine (C=N–C) groups is 1. The number of unbranched alkanes of at least 4 members (excludes halogenated alkanes) is 1. The van der Waals surface area contributed by atoms with E-state index in [0.717, 1.165) is 25.3 Å². The SMILES string of the molecule is CCCCNC(=NC)NCCNC(=O)c1ccccc1. The molecule has 5 heteroatoms. The van der Waals surface area contributed by atoms with Gasteiger partial charge in [-0.15, -0.1) is 0 Å². The topological polar surface area (TPSA) is 65.5 Å². The van der Waals surface area contributed by atoms with Gasteiger partial charge in [0.2, 0.25) is 0 Å². The van der Waals surface area contributed by atoms with Crippen LogP contribution in [-0.4, -0.2) is 38.5 Å².